The molecule has 13 heavy (non-hydrogen) atoms. The van der Waals surface area contributed by atoms with Gasteiger partial charge in [-0.05, 0) is 13.0 Å². The van der Waals surface area contributed by atoms with Gasteiger partial charge in [0.25, 0.3) is 0 Å². The number of rotatable bonds is 1. The average Bonchev–Trinajstić information content (AvgIpc) is 2.20. The van der Waals surface area contributed by atoms with E-state index < -0.39 is 0 Å². The Morgan fingerprint density at radius 2 is 2.15 bits per heavy atom. The molecule has 0 aromatic heterocycles. The van der Waals surface area contributed by atoms with E-state index in [-0.39, 0.29) is 0 Å². The quantitative estimate of drug-likeness (QED) is 0.436. The van der Waals surface area contributed by atoms with Crippen molar-refractivity contribution < 1.29 is 0 Å². The zero-order chi connectivity index (χ0) is 10.1. The Hall–Kier alpha value is -1.51. The van der Waals surface area contributed by atoms with E-state index >= 15 is 0 Å². The maximum atomic E-state index is 3.97. The van der Waals surface area contributed by atoms with Crippen LogP contribution in [0.5, 0.6) is 0 Å². The predicted molar refractivity (Wildman–Crippen MR) is 59.7 cm³/mol. The molecule has 0 unspecified atom stereocenters. The first-order chi connectivity index (χ1) is 6.34. The summed E-state index contributed by atoms with van der Waals surface area (Å²) < 4.78 is 0. The largest absolute Gasteiger partial charge is 0.235 e. The zero-order valence-electron chi connectivity index (χ0n) is 8.36. The van der Waals surface area contributed by atoms with Crippen LogP contribution in [0.3, 0.4) is 0 Å². The van der Waals surface area contributed by atoms with Crippen LogP contribution in [0.15, 0.2) is 39.5 Å². The lowest BCUT2D eigenvalue weighted by Gasteiger charge is -1.99. The fourth-order valence-electron chi connectivity index (χ4n) is 0.633. The molecule has 0 N–H and O–H groups in total. The molecule has 0 saturated heterocycles. The first kappa shape index (κ1) is 11.5. The van der Waals surface area contributed by atoms with Gasteiger partial charge < -0.3 is 0 Å². The number of dihydropyridines is 1. The van der Waals surface area contributed by atoms with E-state index in [1.54, 1.807) is 19.4 Å². The third-order valence-corrected chi connectivity index (χ3v) is 1.14. The van der Waals surface area contributed by atoms with E-state index in [9.17, 15) is 0 Å². The molecule has 3 heteroatoms. The molecule has 0 amide bonds. The van der Waals surface area contributed by atoms with Gasteiger partial charge in [-0.25, -0.2) is 4.99 Å². The lowest BCUT2D eigenvalue weighted by Crippen LogP contribution is -1.99. The predicted octanol–water partition coefficient (Wildman–Crippen LogP) is 2.61. The molecule has 0 bridgehead atoms. The van der Waals surface area contributed by atoms with Gasteiger partial charge in [0, 0.05) is 18.0 Å². The Kier molecular flexibility index (Phi) is 6.32. The minimum absolute atomic E-state index is 0.575. The molecule has 1 aliphatic rings. The summed E-state index contributed by atoms with van der Waals surface area (Å²) in [6.45, 7) is 9.54. The minimum Gasteiger partial charge on any atom is -0.235 e. The van der Waals surface area contributed by atoms with Crippen molar-refractivity contribution in [2.24, 2.45) is 15.2 Å². The summed E-state index contributed by atoms with van der Waals surface area (Å²) in [6.07, 6.45) is 6.93. The van der Waals surface area contributed by atoms with Crippen LogP contribution in [0.2, 0.25) is 0 Å². The fourth-order valence-corrected chi connectivity index (χ4v) is 0.633. The molecule has 0 aromatic carbocycles. The van der Waals surface area contributed by atoms with Crippen LogP contribution >= 0.6 is 0 Å². The summed E-state index contributed by atoms with van der Waals surface area (Å²) in [5, 5.41) is 7.52. The Morgan fingerprint density at radius 1 is 1.46 bits per heavy atom. The molecule has 0 radical (unpaired) electrons. The lowest BCUT2D eigenvalue weighted by molar-refractivity contribution is 1.23. The average molecular weight is 177 g/mol. The highest BCUT2D eigenvalue weighted by molar-refractivity contribution is 6.08. The summed E-state index contributed by atoms with van der Waals surface area (Å²) in [7, 11) is 0. The number of hydrogen-bond acceptors (Lipinski definition) is 2. The summed E-state index contributed by atoms with van der Waals surface area (Å²) in [5.41, 5.74) is 0.790. The number of hydrogen-bond donors (Lipinski definition) is 0. The second-order valence-corrected chi connectivity index (χ2v) is 1.96. The van der Waals surface area contributed by atoms with Crippen LogP contribution in [0, 0.1) is 0 Å². The molecule has 0 aromatic rings. The number of amidine groups is 1. The van der Waals surface area contributed by atoms with Gasteiger partial charge in [0.05, 0.1) is 0 Å². The molecule has 3 nitrogen and oxygen atoms in total. The van der Waals surface area contributed by atoms with E-state index in [2.05, 4.69) is 21.8 Å². The highest BCUT2D eigenvalue weighted by atomic mass is 15.2. The van der Waals surface area contributed by atoms with Gasteiger partial charge in [-0.1, -0.05) is 26.5 Å². The molecule has 1 heterocycles. The van der Waals surface area contributed by atoms with E-state index in [0.717, 1.165) is 5.57 Å². The highest BCUT2D eigenvalue weighted by Crippen LogP contribution is 2.02. The van der Waals surface area contributed by atoms with Crippen LogP contribution in [-0.2, 0) is 0 Å². The van der Waals surface area contributed by atoms with Gasteiger partial charge in [-0.3, -0.25) is 0 Å². The number of aliphatic imine (C=N–C) groups is 1. The van der Waals surface area contributed by atoms with Crippen molar-refractivity contribution in [3.63, 3.8) is 0 Å². The van der Waals surface area contributed by atoms with Crippen LogP contribution in [-0.4, -0.2) is 18.3 Å². The Labute approximate surface area is 79.3 Å². The maximum absolute atomic E-state index is 3.97. The third kappa shape index (κ3) is 4.15. The molecule has 70 valence electrons. The van der Waals surface area contributed by atoms with Crippen molar-refractivity contribution >= 4 is 18.3 Å². The summed E-state index contributed by atoms with van der Waals surface area (Å²) in [6, 6.07) is 0. The van der Waals surface area contributed by atoms with E-state index in [1.165, 1.54) is 0 Å². The van der Waals surface area contributed by atoms with Crippen molar-refractivity contribution in [3.8, 4) is 0 Å². The highest BCUT2D eigenvalue weighted by Gasteiger charge is 2.00. The standard InChI is InChI=1S/C8H9N3.C2H6/c1-3-10-11-8-7(2)5-4-6-9-8;1-2/h3-6H,2H2,1H3;1-2H3/b10-3-,11-8+;. The van der Waals surface area contributed by atoms with E-state index in [0.29, 0.717) is 5.84 Å². The Balaban J connectivity index is 0.000000671. The minimum atomic E-state index is 0.575. The van der Waals surface area contributed by atoms with Crippen LogP contribution in [0.4, 0.5) is 0 Å². The molecule has 1 aliphatic heterocycles. The van der Waals surface area contributed by atoms with Crippen molar-refractivity contribution in [1.29, 1.82) is 0 Å². The van der Waals surface area contributed by atoms with Crippen LogP contribution < -0.4 is 0 Å². The molecular weight excluding hydrogens is 162 g/mol. The molecule has 0 atom stereocenters. The molecular formula is C10H15N3. The molecule has 0 spiro atoms. The van der Waals surface area contributed by atoms with Crippen molar-refractivity contribution in [2.75, 3.05) is 0 Å². The number of allylic oxidation sites excluding steroid dienone is 1. The third-order valence-electron chi connectivity index (χ3n) is 1.14. The van der Waals surface area contributed by atoms with E-state index in [4.69, 9.17) is 0 Å². The Bertz CT molecular complexity index is 270. The molecule has 0 saturated carbocycles. The smallest absolute Gasteiger partial charge is 0.181 e. The van der Waals surface area contributed by atoms with Crippen LogP contribution in [0.1, 0.15) is 20.8 Å². The first-order valence-electron chi connectivity index (χ1n) is 4.30. The topological polar surface area (TPSA) is 37.1 Å². The second-order valence-electron chi connectivity index (χ2n) is 1.96. The normalized spacial score (nSPS) is 17.8. The van der Waals surface area contributed by atoms with Gasteiger partial charge in [0.1, 0.15) is 0 Å². The van der Waals surface area contributed by atoms with Crippen LogP contribution in [0.25, 0.3) is 0 Å². The summed E-state index contributed by atoms with van der Waals surface area (Å²) in [5.74, 6) is 0.575. The number of nitrogens with zero attached hydrogens (tertiary/aromatic N) is 3. The van der Waals surface area contributed by atoms with Gasteiger partial charge in [-0.15, -0.1) is 5.10 Å². The van der Waals surface area contributed by atoms with E-state index in [1.807, 2.05) is 26.0 Å². The van der Waals surface area contributed by atoms with Gasteiger partial charge >= 0.3 is 0 Å². The van der Waals surface area contributed by atoms with Crippen molar-refractivity contribution in [3.05, 3.63) is 24.3 Å². The molecule has 1 rings (SSSR count). The SMILES string of the molecule is C=C1C=CC=N/C1=N/N=C\C.CC. The lowest BCUT2D eigenvalue weighted by atomic mass is 10.2. The fraction of sp³-hybridized carbons (Fsp3) is 0.300. The maximum Gasteiger partial charge on any atom is 0.181 e. The second kappa shape index (κ2) is 7.16. The Morgan fingerprint density at radius 3 is 2.69 bits per heavy atom. The monoisotopic (exact) mass is 177 g/mol. The van der Waals surface area contributed by atoms with Gasteiger partial charge in [-0.2, -0.15) is 5.10 Å². The van der Waals surface area contributed by atoms with Crippen molar-refractivity contribution in [1.82, 2.24) is 0 Å². The summed E-state index contributed by atoms with van der Waals surface area (Å²) >= 11 is 0. The zero-order valence-corrected chi connectivity index (χ0v) is 8.36. The summed E-state index contributed by atoms with van der Waals surface area (Å²) in [4.78, 5) is 3.97. The van der Waals surface area contributed by atoms with Gasteiger partial charge in [0.2, 0.25) is 0 Å². The van der Waals surface area contributed by atoms with Gasteiger partial charge in [0.15, 0.2) is 5.84 Å². The molecule has 0 fully saturated rings. The van der Waals surface area contributed by atoms with Crippen molar-refractivity contribution in [2.45, 2.75) is 20.8 Å². The first-order valence-corrected chi connectivity index (χ1v) is 4.30. The molecule has 0 aliphatic carbocycles.